The van der Waals surface area contributed by atoms with E-state index in [9.17, 15) is 0 Å². The molecule has 1 rings (SSSR count). The third-order valence-electron chi connectivity index (χ3n) is 2.11. The van der Waals surface area contributed by atoms with Crippen molar-refractivity contribution in [1.82, 2.24) is 5.32 Å². The number of thioether (sulfide) groups is 1. The second-order valence-corrected chi connectivity index (χ2v) is 4.82. The van der Waals surface area contributed by atoms with Crippen molar-refractivity contribution in [3.8, 4) is 6.07 Å². The van der Waals surface area contributed by atoms with E-state index in [-0.39, 0.29) is 6.04 Å². The normalized spacial score (nSPS) is 27.4. The highest BCUT2D eigenvalue weighted by Crippen LogP contribution is 2.22. The van der Waals surface area contributed by atoms with Crippen LogP contribution < -0.4 is 5.32 Å². The number of unbranched alkanes of at least 4 members (excludes halogenated alkanes) is 2. The Morgan fingerprint density at radius 1 is 1.46 bits per heavy atom. The first-order valence-electron chi connectivity index (χ1n) is 4.70. The molecule has 1 saturated heterocycles. The van der Waals surface area contributed by atoms with Crippen LogP contribution in [0.1, 0.15) is 25.7 Å². The number of hydrogen-bond acceptors (Lipinski definition) is 3. The largest absolute Gasteiger partial charge is 0.289 e. The fourth-order valence-electron chi connectivity index (χ4n) is 1.38. The summed E-state index contributed by atoms with van der Waals surface area (Å²) < 4.78 is 0. The van der Waals surface area contributed by atoms with Crippen molar-refractivity contribution in [3.63, 3.8) is 0 Å². The molecule has 0 aromatic rings. The first-order valence-corrected chi connectivity index (χ1v) is 6.28. The SMILES string of the molecule is N#CC1CSC(CCCCCCl)N1. The van der Waals surface area contributed by atoms with Gasteiger partial charge in [-0.3, -0.25) is 5.32 Å². The Labute approximate surface area is 89.0 Å². The predicted molar refractivity (Wildman–Crippen MR) is 58.0 cm³/mol. The summed E-state index contributed by atoms with van der Waals surface area (Å²) in [6.07, 6.45) is 4.70. The van der Waals surface area contributed by atoms with Crippen LogP contribution in [-0.2, 0) is 0 Å². The maximum Gasteiger partial charge on any atom is 0.105 e. The van der Waals surface area contributed by atoms with E-state index in [4.69, 9.17) is 16.9 Å². The van der Waals surface area contributed by atoms with Crippen molar-refractivity contribution in [1.29, 1.82) is 5.26 Å². The molecule has 4 heteroatoms. The minimum absolute atomic E-state index is 0.0722. The van der Waals surface area contributed by atoms with Crippen LogP contribution in [0.5, 0.6) is 0 Å². The van der Waals surface area contributed by atoms with Crippen molar-refractivity contribution < 1.29 is 0 Å². The first-order chi connectivity index (χ1) is 6.36. The predicted octanol–water partition coefficient (Wildman–Crippen LogP) is 2.34. The quantitative estimate of drug-likeness (QED) is 0.569. The number of nitriles is 1. The van der Waals surface area contributed by atoms with E-state index >= 15 is 0 Å². The second-order valence-electron chi connectivity index (χ2n) is 3.21. The van der Waals surface area contributed by atoms with Crippen LogP contribution in [-0.4, -0.2) is 23.0 Å². The lowest BCUT2D eigenvalue weighted by Gasteiger charge is -2.08. The molecule has 0 radical (unpaired) electrons. The van der Waals surface area contributed by atoms with Gasteiger partial charge in [-0.05, 0) is 12.8 Å². The molecule has 0 bridgehead atoms. The first kappa shape index (κ1) is 11.2. The van der Waals surface area contributed by atoms with Crippen LogP contribution in [0.4, 0.5) is 0 Å². The van der Waals surface area contributed by atoms with Crippen LogP contribution in [0, 0.1) is 11.3 Å². The van der Waals surface area contributed by atoms with E-state index in [0.29, 0.717) is 5.37 Å². The van der Waals surface area contributed by atoms with Crippen LogP contribution >= 0.6 is 23.4 Å². The maximum absolute atomic E-state index is 8.65. The van der Waals surface area contributed by atoms with E-state index in [1.165, 1.54) is 19.3 Å². The van der Waals surface area contributed by atoms with Gasteiger partial charge in [-0.15, -0.1) is 23.4 Å². The minimum Gasteiger partial charge on any atom is -0.289 e. The van der Waals surface area contributed by atoms with Gasteiger partial charge in [0.25, 0.3) is 0 Å². The molecule has 1 aliphatic heterocycles. The molecule has 74 valence electrons. The van der Waals surface area contributed by atoms with Gasteiger partial charge in [-0.25, -0.2) is 0 Å². The zero-order chi connectivity index (χ0) is 9.52. The summed E-state index contributed by atoms with van der Waals surface area (Å²) in [5.41, 5.74) is 0. The van der Waals surface area contributed by atoms with E-state index in [2.05, 4.69) is 11.4 Å². The molecule has 0 amide bonds. The number of halogens is 1. The van der Waals surface area contributed by atoms with Gasteiger partial charge in [0, 0.05) is 11.6 Å². The van der Waals surface area contributed by atoms with E-state index in [1.807, 2.05) is 11.8 Å². The summed E-state index contributed by atoms with van der Waals surface area (Å²) in [5.74, 6) is 1.71. The zero-order valence-electron chi connectivity index (χ0n) is 7.63. The van der Waals surface area contributed by atoms with Crippen molar-refractivity contribution in [2.45, 2.75) is 37.1 Å². The molecule has 1 N–H and O–H groups in total. The highest BCUT2D eigenvalue weighted by molar-refractivity contribution is 8.00. The number of nitrogens with zero attached hydrogens (tertiary/aromatic N) is 1. The Morgan fingerprint density at radius 2 is 2.31 bits per heavy atom. The van der Waals surface area contributed by atoms with Crippen molar-refractivity contribution >= 4 is 23.4 Å². The molecule has 1 heterocycles. The second kappa shape index (κ2) is 6.53. The zero-order valence-corrected chi connectivity index (χ0v) is 9.20. The summed E-state index contributed by atoms with van der Waals surface area (Å²) in [5, 5.41) is 12.4. The van der Waals surface area contributed by atoms with E-state index in [0.717, 1.165) is 18.1 Å². The molecule has 2 nitrogen and oxygen atoms in total. The van der Waals surface area contributed by atoms with Gasteiger partial charge < -0.3 is 0 Å². The van der Waals surface area contributed by atoms with Crippen LogP contribution in [0.25, 0.3) is 0 Å². The van der Waals surface area contributed by atoms with Crippen LogP contribution in [0.2, 0.25) is 0 Å². The van der Waals surface area contributed by atoms with Crippen LogP contribution in [0.3, 0.4) is 0 Å². The molecule has 0 aromatic carbocycles. The fourth-order valence-corrected chi connectivity index (χ4v) is 2.75. The van der Waals surface area contributed by atoms with Crippen molar-refractivity contribution in [2.75, 3.05) is 11.6 Å². The molecule has 2 unspecified atom stereocenters. The average molecular weight is 219 g/mol. The molecular weight excluding hydrogens is 204 g/mol. The summed E-state index contributed by atoms with van der Waals surface area (Å²) in [7, 11) is 0. The number of rotatable bonds is 5. The van der Waals surface area contributed by atoms with E-state index < -0.39 is 0 Å². The van der Waals surface area contributed by atoms with Crippen molar-refractivity contribution in [2.24, 2.45) is 0 Å². The highest BCUT2D eigenvalue weighted by atomic mass is 35.5. The molecule has 0 aromatic heterocycles. The molecule has 0 aliphatic carbocycles. The van der Waals surface area contributed by atoms with Gasteiger partial charge >= 0.3 is 0 Å². The minimum atomic E-state index is 0.0722. The van der Waals surface area contributed by atoms with Gasteiger partial charge in [0.05, 0.1) is 11.4 Å². The lowest BCUT2D eigenvalue weighted by molar-refractivity contribution is 0.571. The summed E-state index contributed by atoms with van der Waals surface area (Å²) >= 11 is 7.45. The monoisotopic (exact) mass is 218 g/mol. The maximum atomic E-state index is 8.65. The Bertz CT molecular complexity index is 181. The third kappa shape index (κ3) is 4.21. The standard InChI is InChI=1S/C9H15ClN2S/c10-5-3-1-2-4-9-12-8(6-11)7-13-9/h8-9,12H,1-5,7H2. The summed E-state index contributed by atoms with van der Waals surface area (Å²) in [6, 6.07) is 2.31. The van der Waals surface area contributed by atoms with Gasteiger partial charge in [-0.1, -0.05) is 12.8 Å². The summed E-state index contributed by atoms with van der Waals surface area (Å²) in [6.45, 7) is 0. The highest BCUT2D eigenvalue weighted by Gasteiger charge is 2.22. The third-order valence-corrected chi connectivity index (χ3v) is 3.67. The van der Waals surface area contributed by atoms with Gasteiger partial charge in [-0.2, -0.15) is 5.26 Å². The molecule has 1 aliphatic rings. The Morgan fingerprint density at radius 3 is 2.92 bits per heavy atom. The number of hydrogen-bond donors (Lipinski definition) is 1. The lowest BCUT2D eigenvalue weighted by Crippen LogP contribution is -2.28. The lowest BCUT2D eigenvalue weighted by atomic mass is 10.2. The number of alkyl halides is 1. The van der Waals surface area contributed by atoms with Crippen LogP contribution in [0.15, 0.2) is 0 Å². The van der Waals surface area contributed by atoms with Gasteiger partial charge in [0.2, 0.25) is 0 Å². The molecule has 0 spiro atoms. The Hall–Kier alpha value is 0.0900. The molecule has 2 atom stereocenters. The average Bonchev–Trinajstić information content (AvgIpc) is 2.60. The van der Waals surface area contributed by atoms with E-state index in [1.54, 1.807) is 0 Å². The molecular formula is C9H15ClN2S. The molecule has 1 fully saturated rings. The smallest absolute Gasteiger partial charge is 0.105 e. The summed E-state index contributed by atoms with van der Waals surface area (Å²) in [4.78, 5) is 0. The Kier molecular flexibility index (Phi) is 5.61. The van der Waals surface area contributed by atoms with Crippen molar-refractivity contribution in [3.05, 3.63) is 0 Å². The fraction of sp³-hybridized carbons (Fsp3) is 0.889. The molecule has 0 saturated carbocycles. The van der Waals surface area contributed by atoms with Gasteiger partial charge in [0.1, 0.15) is 6.04 Å². The topological polar surface area (TPSA) is 35.8 Å². The number of nitrogens with one attached hydrogen (secondary N) is 1. The Balaban J connectivity index is 2.01. The van der Waals surface area contributed by atoms with Gasteiger partial charge in [0.15, 0.2) is 0 Å². The molecule has 13 heavy (non-hydrogen) atoms.